The van der Waals surface area contributed by atoms with E-state index in [4.69, 9.17) is 0 Å². The van der Waals surface area contributed by atoms with E-state index >= 15 is 0 Å². The van der Waals surface area contributed by atoms with Crippen LogP contribution in [0.4, 0.5) is 0 Å². The van der Waals surface area contributed by atoms with Gasteiger partial charge in [0.05, 0.1) is 6.10 Å². The molecule has 1 N–H and O–H groups in total. The summed E-state index contributed by atoms with van der Waals surface area (Å²) >= 11 is 0. The molecule has 2 fully saturated rings. The average Bonchev–Trinajstić information content (AvgIpc) is 2.92. The number of amides is 1. The van der Waals surface area contributed by atoms with E-state index in [1.54, 1.807) is 0 Å². The molecular weight excluding hydrogens is 214 g/mol. The molecule has 4 atom stereocenters. The minimum absolute atomic E-state index is 0.163. The van der Waals surface area contributed by atoms with Gasteiger partial charge in [-0.05, 0) is 38.0 Å². The third kappa shape index (κ3) is 2.01. The van der Waals surface area contributed by atoms with Crippen LogP contribution in [0.15, 0.2) is 12.2 Å². The third-order valence-corrected chi connectivity index (χ3v) is 4.75. The largest absolute Gasteiger partial charge is 0.393 e. The molecule has 1 aliphatic heterocycles. The second-order valence-electron chi connectivity index (χ2n) is 5.79. The first-order chi connectivity index (χ1) is 8.25. The molecular formula is C14H21NO2. The maximum Gasteiger partial charge on any atom is 0.226 e. The molecule has 1 saturated carbocycles. The minimum Gasteiger partial charge on any atom is -0.393 e. The molecule has 17 heavy (non-hydrogen) atoms. The number of carbonyl (C=O) groups is 1. The van der Waals surface area contributed by atoms with Crippen LogP contribution in [0.5, 0.6) is 0 Å². The number of rotatable bonds is 1. The van der Waals surface area contributed by atoms with Crippen LogP contribution in [0.2, 0.25) is 0 Å². The molecule has 94 valence electrons. The molecule has 0 radical (unpaired) electrons. The Labute approximate surface area is 102 Å². The molecule has 3 heteroatoms. The summed E-state index contributed by atoms with van der Waals surface area (Å²) < 4.78 is 0. The van der Waals surface area contributed by atoms with Gasteiger partial charge in [0, 0.05) is 24.9 Å². The van der Waals surface area contributed by atoms with Crippen molar-refractivity contribution in [2.24, 2.45) is 17.8 Å². The van der Waals surface area contributed by atoms with Gasteiger partial charge in [-0.1, -0.05) is 12.2 Å². The molecule has 1 heterocycles. The second-order valence-corrected chi connectivity index (χ2v) is 5.79. The van der Waals surface area contributed by atoms with Crippen LogP contribution in [0.1, 0.15) is 32.1 Å². The molecule has 4 unspecified atom stereocenters. The van der Waals surface area contributed by atoms with Crippen LogP contribution in [0.25, 0.3) is 0 Å². The Balaban J connectivity index is 1.62. The number of carbonyl (C=O) groups excluding carboxylic acids is 1. The summed E-state index contributed by atoms with van der Waals surface area (Å²) in [5.41, 5.74) is 0. The zero-order chi connectivity index (χ0) is 11.8. The summed E-state index contributed by atoms with van der Waals surface area (Å²) in [6.07, 6.45) is 9.13. The Morgan fingerprint density at radius 2 is 2.06 bits per heavy atom. The normalized spacial score (nSPS) is 40.6. The lowest BCUT2D eigenvalue weighted by molar-refractivity contribution is -0.135. The quantitative estimate of drug-likeness (QED) is 0.701. The summed E-state index contributed by atoms with van der Waals surface area (Å²) in [6, 6.07) is 0. The van der Waals surface area contributed by atoms with E-state index in [-0.39, 0.29) is 12.0 Å². The summed E-state index contributed by atoms with van der Waals surface area (Å²) in [7, 11) is 0. The van der Waals surface area contributed by atoms with Gasteiger partial charge in [0.2, 0.25) is 5.91 Å². The Morgan fingerprint density at radius 3 is 2.76 bits per heavy atom. The highest BCUT2D eigenvalue weighted by Crippen LogP contribution is 2.39. The van der Waals surface area contributed by atoms with E-state index in [0.717, 1.165) is 45.2 Å². The Kier molecular flexibility index (Phi) is 2.95. The van der Waals surface area contributed by atoms with Gasteiger partial charge in [0.25, 0.3) is 0 Å². The lowest BCUT2D eigenvalue weighted by Crippen LogP contribution is -2.36. The first-order valence-corrected chi connectivity index (χ1v) is 6.87. The van der Waals surface area contributed by atoms with Crippen LogP contribution >= 0.6 is 0 Å². The van der Waals surface area contributed by atoms with Crippen molar-refractivity contribution in [3.8, 4) is 0 Å². The number of likely N-dealkylation sites (tertiary alicyclic amines) is 1. The van der Waals surface area contributed by atoms with Crippen molar-refractivity contribution in [3.05, 3.63) is 12.2 Å². The number of allylic oxidation sites excluding steroid dienone is 2. The molecule has 0 aromatic rings. The highest BCUT2D eigenvalue weighted by Gasteiger charge is 2.44. The molecule has 3 nitrogen and oxygen atoms in total. The van der Waals surface area contributed by atoms with Crippen molar-refractivity contribution in [2.75, 3.05) is 13.1 Å². The summed E-state index contributed by atoms with van der Waals surface area (Å²) in [4.78, 5) is 14.4. The lowest BCUT2D eigenvalue weighted by atomic mass is 9.93. The van der Waals surface area contributed by atoms with Gasteiger partial charge in [-0.15, -0.1) is 0 Å². The van der Waals surface area contributed by atoms with Gasteiger partial charge < -0.3 is 10.0 Å². The predicted molar refractivity (Wildman–Crippen MR) is 65.3 cm³/mol. The number of hydrogen-bond acceptors (Lipinski definition) is 2. The van der Waals surface area contributed by atoms with Crippen molar-refractivity contribution < 1.29 is 9.90 Å². The van der Waals surface area contributed by atoms with E-state index in [2.05, 4.69) is 12.2 Å². The van der Waals surface area contributed by atoms with Crippen LogP contribution in [-0.2, 0) is 4.79 Å². The predicted octanol–water partition coefficient (Wildman–Crippen LogP) is 1.57. The molecule has 0 aromatic heterocycles. The molecule has 1 amide bonds. The van der Waals surface area contributed by atoms with Crippen LogP contribution in [0, 0.1) is 17.8 Å². The number of aliphatic hydroxyl groups is 1. The van der Waals surface area contributed by atoms with Crippen molar-refractivity contribution in [1.29, 1.82) is 0 Å². The van der Waals surface area contributed by atoms with Crippen LogP contribution in [0.3, 0.4) is 0 Å². The summed E-state index contributed by atoms with van der Waals surface area (Å²) in [5, 5.41) is 9.86. The van der Waals surface area contributed by atoms with Gasteiger partial charge in [-0.2, -0.15) is 0 Å². The standard InChI is InChI=1S/C14H21NO2/c16-13-7-6-11-8-15(9-12(11)13)14(17)10-4-2-1-3-5-10/h1-2,10-13,16H,3-9H2. The van der Waals surface area contributed by atoms with Gasteiger partial charge in [0.1, 0.15) is 0 Å². The molecule has 0 aromatic carbocycles. The SMILES string of the molecule is O=C(C1CC=CCC1)N1CC2CCC(O)C2C1. The van der Waals surface area contributed by atoms with Crippen LogP contribution < -0.4 is 0 Å². The zero-order valence-corrected chi connectivity index (χ0v) is 10.2. The third-order valence-electron chi connectivity index (χ3n) is 4.75. The molecule has 3 aliphatic rings. The summed E-state index contributed by atoms with van der Waals surface area (Å²) in [5.74, 6) is 1.46. The van der Waals surface area contributed by atoms with Crippen molar-refractivity contribution in [3.63, 3.8) is 0 Å². The number of nitrogens with zero attached hydrogens (tertiary/aromatic N) is 1. The van der Waals surface area contributed by atoms with Gasteiger partial charge >= 0.3 is 0 Å². The number of hydrogen-bond donors (Lipinski definition) is 1. The fourth-order valence-corrected chi connectivity index (χ4v) is 3.69. The van der Waals surface area contributed by atoms with E-state index in [1.165, 1.54) is 0 Å². The fourth-order valence-electron chi connectivity index (χ4n) is 3.69. The first kappa shape index (κ1) is 11.3. The van der Waals surface area contributed by atoms with Crippen molar-refractivity contribution in [1.82, 2.24) is 4.90 Å². The molecule has 0 bridgehead atoms. The number of fused-ring (bicyclic) bond motifs is 1. The van der Waals surface area contributed by atoms with E-state index in [1.807, 2.05) is 4.90 Å². The molecule has 1 saturated heterocycles. The highest BCUT2D eigenvalue weighted by molar-refractivity contribution is 5.79. The molecule has 3 rings (SSSR count). The maximum absolute atomic E-state index is 12.3. The molecule has 2 aliphatic carbocycles. The Hall–Kier alpha value is -0.830. The average molecular weight is 235 g/mol. The fraction of sp³-hybridized carbons (Fsp3) is 0.786. The lowest BCUT2D eigenvalue weighted by Gasteiger charge is -2.25. The van der Waals surface area contributed by atoms with E-state index < -0.39 is 0 Å². The van der Waals surface area contributed by atoms with E-state index in [9.17, 15) is 9.90 Å². The molecule has 0 spiro atoms. The second kappa shape index (κ2) is 4.45. The van der Waals surface area contributed by atoms with Gasteiger partial charge in [-0.3, -0.25) is 4.79 Å². The van der Waals surface area contributed by atoms with Crippen molar-refractivity contribution in [2.45, 2.75) is 38.2 Å². The maximum atomic E-state index is 12.3. The van der Waals surface area contributed by atoms with Crippen LogP contribution in [-0.4, -0.2) is 35.1 Å². The zero-order valence-electron chi connectivity index (χ0n) is 10.2. The van der Waals surface area contributed by atoms with Gasteiger partial charge in [-0.25, -0.2) is 0 Å². The first-order valence-electron chi connectivity index (χ1n) is 6.87. The number of aliphatic hydroxyl groups excluding tert-OH is 1. The minimum atomic E-state index is -0.163. The smallest absolute Gasteiger partial charge is 0.226 e. The topological polar surface area (TPSA) is 40.5 Å². The summed E-state index contributed by atoms with van der Waals surface area (Å²) in [6.45, 7) is 1.69. The highest BCUT2D eigenvalue weighted by atomic mass is 16.3. The van der Waals surface area contributed by atoms with Gasteiger partial charge in [0.15, 0.2) is 0 Å². The monoisotopic (exact) mass is 235 g/mol. The Morgan fingerprint density at radius 1 is 1.18 bits per heavy atom. The Bertz CT molecular complexity index is 339. The van der Waals surface area contributed by atoms with Crippen molar-refractivity contribution >= 4 is 5.91 Å². The van der Waals surface area contributed by atoms with E-state index in [0.29, 0.717) is 17.7 Å².